The van der Waals surface area contributed by atoms with Crippen molar-refractivity contribution >= 4 is 29.1 Å². The van der Waals surface area contributed by atoms with E-state index >= 15 is 0 Å². The maximum absolute atomic E-state index is 13.6. The highest BCUT2D eigenvalue weighted by Gasteiger charge is 2.22. The normalized spacial score (nSPS) is 10.5. The van der Waals surface area contributed by atoms with Crippen LogP contribution in [0.3, 0.4) is 0 Å². The van der Waals surface area contributed by atoms with Crippen molar-refractivity contribution in [3.05, 3.63) is 57.1 Å². The van der Waals surface area contributed by atoms with Crippen molar-refractivity contribution in [3.63, 3.8) is 0 Å². The fourth-order valence-electron chi connectivity index (χ4n) is 2.53. The zero-order chi connectivity index (χ0) is 18.0. The number of H-pyrrole nitrogens is 1. The van der Waals surface area contributed by atoms with Gasteiger partial charge in [-0.05, 0) is 38.5 Å². The quantitative estimate of drug-likeness (QED) is 0.658. The molecule has 0 fully saturated rings. The fraction of sp³-hybridized carbons (Fsp3) is 0.235. The van der Waals surface area contributed by atoms with E-state index in [1.165, 1.54) is 19.1 Å². The number of benzene rings is 1. The SMILES string of the molecule is CC(=O)c1c(C)[nH]c(C(=O)COC(=O)c2c(F)cccc2Cl)c1C. The summed E-state index contributed by atoms with van der Waals surface area (Å²) < 4.78 is 18.5. The van der Waals surface area contributed by atoms with Gasteiger partial charge in [-0.3, -0.25) is 9.59 Å². The second kappa shape index (κ2) is 6.97. The van der Waals surface area contributed by atoms with Gasteiger partial charge >= 0.3 is 5.97 Å². The summed E-state index contributed by atoms with van der Waals surface area (Å²) in [5.74, 6) is -2.55. The highest BCUT2D eigenvalue weighted by molar-refractivity contribution is 6.33. The summed E-state index contributed by atoms with van der Waals surface area (Å²) in [6.45, 7) is 4.11. The Hall–Kier alpha value is -2.47. The lowest BCUT2D eigenvalue weighted by Crippen LogP contribution is -2.16. The summed E-state index contributed by atoms with van der Waals surface area (Å²) in [4.78, 5) is 38.5. The molecular weight excluding hydrogens is 337 g/mol. The Morgan fingerprint density at radius 2 is 1.88 bits per heavy atom. The number of aromatic nitrogens is 1. The van der Waals surface area contributed by atoms with Gasteiger partial charge in [0.2, 0.25) is 5.78 Å². The first-order chi connectivity index (χ1) is 11.2. The number of aryl methyl sites for hydroxylation is 1. The summed E-state index contributed by atoms with van der Waals surface area (Å²) in [6, 6.07) is 3.77. The van der Waals surface area contributed by atoms with Gasteiger partial charge in [-0.2, -0.15) is 0 Å². The number of rotatable bonds is 5. The topological polar surface area (TPSA) is 76.2 Å². The van der Waals surface area contributed by atoms with Crippen LogP contribution in [0.4, 0.5) is 4.39 Å². The summed E-state index contributed by atoms with van der Waals surface area (Å²) in [7, 11) is 0. The van der Waals surface area contributed by atoms with E-state index in [1.807, 2.05) is 0 Å². The van der Waals surface area contributed by atoms with Crippen LogP contribution in [0.1, 0.15) is 49.4 Å². The molecule has 5 nitrogen and oxygen atoms in total. The van der Waals surface area contributed by atoms with Crippen LogP contribution >= 0.6 is 11.6 Å². The number of hydrogen-bond donors (Lipinski definition) is 1. The highest BCUT2D eigenvalue weighted by Crippen LogP contribution is 2.21. The van der Waals surface area contributed by atoms with Gasteiger partial charge < -0.3 is 9.72 Å². The third kappa shape index (κ3) is 3.38. The smallest absolute Gasteiger partial charge is 0.343 e. The molecular formula is C17H15ClFNO4. The van der Waals surface area contributed by atoms with Crippen LogP contribution in [0.25, 0.3) is 0 Å². The number of ketones is 2. The predicted octanol–water partition coefficient (Wildman–Crippen LogP) is 3.67. The number of ether oxygens (including phenoxy) is 1. The number of carbonyl (C=O) groups is 3. The first-order valence-corrected chi connectivity index (χ1v) is 7.46. The minimum Gasteiger partial charge on any atom is -0.454 e. The molecule has 0 bridgehead atoms. The van der Waals surface area contributed by atoms with Crippen LogP contribution in [0.15, 0.2) is 18.2 Å². The van der Waals surface area contributed by atoms with Gasteiger partial charge in [0.05, 0.1) is 10.7 Å². The molecule has 2 aromatic rings. The third-order valence-electron chi connectivity index (χ3n) is 3.57. The molecule has 126 valence electrons. The van der Waals surface area contributed by atoms with Gasteiger partial charge in [-0.15, -0.1) is 0 Å². The second-order valence-corrected chi connectivity index (χ2v) is 5.68. The van der Waals surface area contributed by atoms with E-state index < -0.39 is 29.7 Å². The average molecular weight is 352 g/mol. The van der Waals surface area contributed by atoms with Crippen LogP contribution in [0.2, 0.25) is 5.02 Å². The number of halogens is 2. The van der Waals surface area contributed by atoms with Crippen molar-refractivity contribution in [2.45, 2.75) is 20.8 Å². The molecule has 1 aromatic heterocycles. The Morgan fingerprint density at radius 1 is 1.21 bits per heavy atom. The van der Waals surface area contributed by atoms with Gasteiger partial charge in [-0.25, -0.2) is 9.18 Å². The summed E-state index contributed by atoms with van der Waals surface area (Å²) in [5.41, 5.74) is 1.25. The molecule has 7 heteroatoms. The summed E-state index contributed by atoms with van der Waals surface area (Å²) in [5, 5.41) is -0.0989. The van der Waals surface area contributed by atoms with Gasteiger partial charge in [0.25, 0.3) is 0 Å². The Labute approximate surface area is 142 Å². The van der Waals surface area contributed by atoms with Crippen molar-refractivity contribution in [1.82, 2.24) is 4.98 Å². The average Bonchev–Trinajstić information content (AvgIpc) is 2.79. The van der Waals surface area contributed by atoms with Crippen LogP contribution in [0, 0.1) is 19.7 Å². The molecule has 0 unspecified atom stereocenters. The number of carbonyl (C=O) groups excluding carboxylic acids is 3. The van der Waals surface area contributed by atoms with Gasteiger partial charge in [0.1, 0.15) is 11.4 Å². The molecule has 1 heterocycles. The van der Waals surface area contributed by atoms with E-state index in [1.54, 1.807) is 13.8 Å². The van der Waals surface area contributed by atoms with E-state index in [2.05, 4.69) is 4.98 Å². The molecule has 0 aliphatic carbocycles. The molecule has 0 saturated carbocycles. The Balaban J connectivity index is 2.16. The first kappa shape index (κ1) is 17.9. The first-order valence-electron chi connectivity index (χ1n) is 7.08. The Kier molecular flexibility index (Phi) is 5.19. The van der Waals surface area contributed by atoms with Crippen molar-refractivity contribution in [1.29, 1.82) is 0 Å². The number of esters is 1. The summed E-state index contributed by atoms with van der Waals surface area (Å²) in [6.07, 6.45) is 0. The van der Waals surface area contributed by atoms with Crippen LogP contribution < -0.4 is 0 Å². The maximum atomic E-state index is 13.6. The number of nitrogens with one attached hydrogen (secondary N) is 1. The molecule has 1 N–H and O–H groups in total. The molecule has 0 saturated heterocycles. The molecule has 0 atom stereocenters. The van der Waals surface area contributed by atoms with Crippen molar-refractivity contribution in [2.75, 3.05) is 6.61 Å². The van der Waals surface area contributed by atoms with Crippen molar-refractivity contribution < 1.29 is 23.5 Å². The van der Waals surface area contributed by atoms with Gasteiger partial charge in [0.15, 0.2) is 12.4 Å². The standard InChI is InChI=1S/C17H15ClFNO4/c1-8-14(10(3)21)9(2)20-16(8)13(22)7-24-17(23)15-11(18)5-4-6-12(15)19/h4-6,20H,7H2,1-3H3. The number of aromatic amines is 1. The minimum absolute atomic E-state index is 0.0989. The van der Waals surface area contributed by atoms with E-state index in [4.69, 9.17) is 16.3 Å². The molecule has 1 aromatic carbocycles. The zero-order valence-corrected chi connectivity index (χ0v) is 14.1. The number of Topliss-reactive ketones (excluding diaryl/α,β-unsaturated/α-hetero) is 2. The lowest BCUT2D eigenvalue weighted by Gasteiger charge is -2.06. The second-order valence-electron chi connectivity index (χ2n) is 5.28. The lowest BCUT2D eigenvalue weighted by molar-refractivity contribution is 0.0469. The molecule has 0 radical (unpaired) electrons. The van der Waals surface area contributed by atoms with Crippen LogP contribution in [0.5, 0.6) is 0 Å². The fourth-order valence-corrected chi connectivity index (χ4v) is 2.77. The molecule has 0 spiro atoms. The van der Waals surface area contributed by atoms with E-state index in [0.29, 0.717) is 16.8 Å². The molecule has 24 heavy (non-hydrogen) atoms. The summed E-state index contributed by atoms with van der Waals surface area (Å²) >= 11 is 5.77. The third-order valence-corrected chi connectivity index (χ3v) is 3.88. The lowest BCUT2D eigenvalue weighted by atomic mass is 10.1. The Bertz CT molecular complexity index is 821. The molecule has 0 aliphatic heterocycles. The van der Waals surface area contributed by atoms with Gasteiger partial charge in [-0.1, -0.05) is 17.7 Å². The molecule has 0 amide bonds. The number of hydrogen-bond acceptors (Lipinski definition) is 4. The van der Waals surface area contributed by atoms with Crippen molar-refractivity contribution in [3.8, 4) is 0 Å². The molecule has 2 rings (SSSR count). The minimum atomic E-state index is -1.03. The Morgan fingerprint density at radius 3 is 2.42 bits per heavy atom. The molecule has 0 aliphatic rings. The van der Waals surface area contributed by atoms with E-state index in [9.17, 15) is 18.8 Å². The van der Waals surface area contributed by atoms with E-state index in [0.717, 1.165) is 6.07 Å². The van der Waals surface area contributed by atoms with Crippen LogP contribution in [-0.4, -0.2) is 29.1 Å². The predicted molar refractivity (Wildman–Crippen MR) is 86.3 cm³/mol. The van der Waals surface area contributed by atoms with E-state index in [-0.39, 0.29) is 16.5 Å². The van der Waals surface area contributed by atoms with Gasteiger partial charge in [0, 0.05) is 11.3 Å². The zero-order valence-electron chi connectivity index (χ0n) is 13.3. The largest absolute Gasteiger partial charge is 0.454 e. The monoisotopic (exact) mass is 351 g/mol. The van der Waals surface area contributed by atoms with Crippen LogP contribution in [-0.2, 0) is 4.74 Å². The maximum Gasteiger partial charge on any atom is 0.343 e. The highest BCUT2D eigenvalue weighted by atomic mass is 35.5. The van der Waals surface area contributed by atoms with Crippen molar-refractivity contribution in [2.24, 2.45) is 0 Å².